The van der Waals surface area contributed by atoms with Gasteiger partial charge in [-0.1, -0.05) is 20.8 Å². The van der Waals surface area contributed by atoms with Crippen molar-refractivity contribution < 1.29 is 0 Å². The fraction of sp³-hybridized carbons (Fsp3) is 0.706. The second-order valence-electron chi connectivity index (χ2n) is 6.64. The summed E-state index contributed by atoms with van der Waals surface area (Å²) in [4.78, 5) is 7.14. The summed E-state index contributed by atoms with van der Waals surface area (Å²) in [6.45, 7) is 16.2. The molecule has 3 nitrogen and oxygen atoms in total. The molecular weight excluding hydrogens is 246 g/mol. The van der Waals surface area contributed by atoms with E-state index >= 15 is 0 Å². The van der Waals surface area contributed by atoms with Crippen LogP contribution in [0.5, 0.6) is 0 Å². The van der Waals surface area contributed by atoms with Crippen LogP contribution in [0.2, 0.25) is 0 Å². The normalized spacial score (nSPS) is 12.1. The minimum atomic E-state index is 0.111. The van der Waals surface area contributed by atoms with Gasteiger partial charge in [-0.2, -0.15) is 0 Å². The third kappa shape index (κ3) is 3.95. The zero-order valence-electron chi connectivity index (χ0n) is 14.5. The van der Waals surface area contributed by atoms with Crippen LogP contribution in [0.25, 0.3) is 0 Å². The Morgan fingerprint density at radius 1 is 1.30 bits per heavy atom. The van der Waals surface area contributed by atoms with E-state index in [0.717, 1.165) is 24.5 Å². The van der Waals surface area contributed by atoms with E-state index in [9.17, 15) is 0 Å². The van der Waals surface area contributed by atoms with Gasteiger partial charge in [0, 0.05) is 36.4 Å². The van der Waals surface area contributed by atoms with E-state index in [2.05, 4.69) is 71.8 Å². The Morgan fingerprint density at radius 3 is 2.40 bits per heavy atom. The zero-order chi connectivity index (χ0) is 15.5. The summed E-state index contributed by atoms with van der Waals surface area (Å²) >= 11 is 0. The number of aromatic nitrogens is 1. The Hall–Kier alpha value is -1.09. The maximum Gasteiger partial charge on any atom is 0.133 e. The molecule has 0 atom stereocenters. The van der Waals surface area contributed by atoms with E-state index in [1.54, 1.807) is 0 Å². The number of pyridine rings is 1. The lowest BCUT2D eigenvalue weighted by atomic mass is 9.98. The maximum absolute atomic E-state index is 4.81. The molecule has 114 valence electrons. The van der Waals surface area contributed by atoms with Crippen LogP contribution in [0.3, 0.4) is 0 Å². The average molecular weight is 277 g/mol. The summed E-state index contributed by atoms with van der Waals surface area (Å²) in [5, 5.41) is 3.52. The summed E-state index contributed by atoms with van der Waals surface area (Å²) in [5.41, 5.74) is 3.83. The van der Waals surface area contributed by atoms with Gasteiger partial charge in [-0.15, -0.1) is 0 Å². The molecule has 0 saturated heterocycles. The highest BCUT2D eigenvalue weighted by Gasteiger charge is 2.25. The van der Waals surface area contributed by atoms with Crippen molar-refractivity contribution in [1.82, 2.24) is 10.3 Å². The fourth-order valence-corrected chi connectivity index (χ4v) is 2.17. The topological polar surface area (TPSA) is 28.2 Å². The summed E-state index contributed by atoms with van der Waals surface area (Å²) in [6, 6.07) is 2.65. The molecule has 20 heavy (non-hydrogen) atoms. The van der Waals surface area contributed by atoms with Crippen LogP contribution >= 0.6 is 0 Å². The first-order valence-corrected chi connectivity index (χ1v) is 7.63. The molecule has 3 heteroatoms. The molecule has 0 spiro atoms. The summed E-state index contributed by atoms with van der Waals surface area (Å²) in [6.07, 6.45) is 1.09. The molecule has 1 N–H and O–H groups in total. The predicted molar refractivity (Wildman–Crippen MR) is 88.5 cm³/mol. The second-order valence-corrected chi connectivity index (χ2v) is 6.64. The van der Waals surface area contributed by atoms with E-state index in [1.165, 1.54) is 11.1 Å². The Balaban J connectivity index is 3.22. The monoisotopic (exact) mass is 277 g/mol. The molecule has 0 amide bonds. The summed E-state index contributed by atoms with van der Waals surface area (Å²) in [5.74, 6) is 1.11. The molecule has 1 heterocycles. The zero-order valence-corrected chi connectivity index (χ0v) is 14.5. The van der Waals surface area contributed by atoms with Gasteiger partial charge in [-0.25, -0.2) is 4.98 Å². The molecule has 1 aromatic heterocycles. The van der Waals surface area contributed by atoms with Gasteiger partial charge >= 0.3 is 0 Å². The predicted octanol–water partition coefficient (Wildman–Crippen LogP) is 3.82. The van der Waals surface area contributed by atoms with E-state index in [0.29, 0.717) is 6.04 Å². The number of nitrogens with zero attached hydrogens (tertiary/aromatic N) is 2. The number of aryl methyl sites for hydroxylation is 2. The number of anilines is 1. The third-order valence-electron chi connectivity index (χ3n) is 4.23. The number of rotatable bonds is 6. The number of hydrogen-bond acceptors (Lipinski definition) is 3. The van der Waals surface area contributed by atoms with Gasteiger partial charge in [0.15, 0.2) is 0 Å². The van der Waals surface area contributed by atoms with Crippen LogP contribution in [0.1, 0.15) is 57.9 Å². The van der Waals surface area contributed by atoms with Gasteiger partial charge in [-0.05, 0) is 45.7 Å². The lowest BCUT2D eigenvalue weighted by molar-refractivity contribution is 0.464. The molecular formula is C17H31N3. The molecule has 0 radical (unpaired) electrons. The Labute approximate surface area is 124 Å². The van der Waals surface area contributed by atoms with Crippen LogP contribution in [0, 0.1) is 13.8 Å². The van der Waals surface area contributed by atoms with E-state index in [4.69, 9.17) is 4.98 Å². The highest BCUT2D eigenvalue weighted by molar-refractivity contribution is 5.52. The van der Waals surface area contributed by atoms with Crippen molar-refractivity contribution >= 4 is 5.82 Å². The van der Waals surface area contributed by atoms with E-state index < -0.39 is 0 Å². The van der Waals surface area contributed by atoms with Crippen LogP contribution in [0.15, 0.2) is 6.07 Å². The van der Waals surface area contributed by atoms with E-state index in [1.807, 2.05) is 0 Å². The van der Waals surface area contributed by atoms with Crippen molar-refractivity contribution in [1.29, 1.82) is 0 Å². The average Bonchev–Trinajstić information content (AvgIpc) is 2.35. The van der Waals surface area contributed by atoms with Crippen LogP contribution in [-0.4, -0.2) is 23.6 Å². The molecule has 1 rings (SSSR count). The molecule has 0 bridgehead atoms. The summed E-state index contributed by atoms with van der Waals surface area (Å²) < 4.78 is 0. The standard InChI is InChI=1S/C17H31N3/c1-9-17(6,7)20(8)16-15(11-18-12(2)3)13(4)10-14(5)19-16/h10,12,18H,9,11H2,1-8H3. The van der Waals surface area contributed by atoms with Gasteiger partial charge in [-0.3, -0.25) is 0 Å². The molecule has 0 saturated carbocycles. The van der Waals surface area contributed by atoms with Gasteiger partial charge in [0.2, 0.25) is 0 Å². The Kier molecular flexibility index (Phi) is 5.58. The highest BCUT2D eigenvalue weighted by atomic mass is 15.2. The van der Waals surface area contributed by atoms with Crippen molar-refractivity contribution in [3.05, 3.63) is 22.9 Å². The molecule has 1 aromatic rings. The first-order valence-electron chi connectivity index (χ1n) is 7.63. The first-order chi connectivity index (χ1) is 9.19. The molecule has 0 aromatic carbocycles. The number of nitrogens with one attached hydrogen (secondary N) is 1. The number of hydrogen-bond donors (Lipinski definition) is 1. The minimum Gasteiger partial charge on any atom is -0.354 e. The van der Waals surface area contributed by atoms with Crippen molar-refractivity contribution in [3.8, 4) is 0 Å². The maximum atomic E-state index is 4.81. The fourth-order valence-electron chi connectivity index (χ4n) is 2.17. The van der Waals surface area contributed by atoms with Crippen molar-refractivity contribution in [2.75, 3.05) is 11.9 Å². The molecule has 0 aliphatic carbocycles. The van der Waals surface area contributed by atoms with Crippen LogP contribution in [0.4, 0.5) is 5.82 Å². The Bertz CT molecular complexity index is 450. The molecule has 0 aliphatic rings. The highest BCUT2D eigenvalue weighted by Crippen LogP contribution is 2.28. The van der Waals surface area contributed by atoms with Crippen LogP contribution < -0.4 is 10.2 Å². The van der Waals surface area contributed by atoms with Gasteiger partial charge in [0.05, 0.1) is 0 Å². The van der Waals surface area contributed by atoms with Crippen LogP contribution in [-0.2, 0) is 6.54 Å². The lowest BCUT2D eigenvalue weighted by Crippen LogP contribution is -2.42. The quantitative estimate of drug-likeness (QED) is 0.856. The largest absolute Gasteiger partial charge is 0.354 e. The first kappa shape index (κ1) is 17.0. The molecule has 0 unspecified atom stereocenters. The van der Waals surface area contributed by atoms with Gasteiger partial charge < -0.3 is 10.2 Å². The smallest absolute Gasteiger partial charge is 0.133 e. The lowest BCUT2D eigenvalue weighted by Gasteiger charge is -2.37. The Morgan fingerprint density at radius 2 is 1.90 bits per heavy atom. The van der Waals surface area contributed by atoms with Crippen molar-refractivity contribution in [3.63, 3.8) is 0 Å². The SMILES string of the molecule is CCC(C)(C)N(C)c1nc(C)cc(C)c1CNC(C)C. The van der Waals surface area contributed by atoms with Crippen molar-refractivity contribution in [2.45, 2.75) is 73.0 Å². The summed E-state index contributed by atoms with van der Waals surface area (Å²) in [7, 11) is 2.16. The second kappa shape index (κ2) is 6.57. The van der Waals surface area contributed by atoms with Crippen molar-refractivity contribution in [2.24, 2.45) is 0 Å². The van der Waals surface area contributed by atoms with Gasteiger partial charge in [0.25, 0.3) is 0 Å². The van der Waals surface area contributed by atoms with Gasteiger partial charge in [0.1, 0.15) is 5.82 Å². The minimum absolute atomic E-state index is 0.111. The van der Waals surface area contributed by atoms with E-state index in [-0.39, 0.29) is 5.54 Å². The molecule has 0 fully saturated rings. The third-order valence-corrected chi connectivity index (χ3v) is 4.23. The molecule has 0 aliphatic heterocycles.